The SMILES string of the molecule is c1ccc(-c2cccc3c2oc2cccc(-c4c5ccccc5c(-c5cc6ccc7oc8ccccc8c7c6c6c5oc5ccccc56)c5ccccc45)c23)cc1. The van der Waals surface area contributed by atoms with Crippen molar-refractivity contribution in [1.29, 1.82) is 0 Å². The molecule has 0 aliphatic rings. The van der Waals surface area contributed by atoms with E-state index in [1.807, 2.05) is 6.07 Å². The molecule has 0 atom stereocenters. The molecule has 0 radical (unpaired) electrons. The van der Waals surface area contributed by atoms with Gasteiger partial charge in [0.15, 0.2) is 0 Å². The first kappa shape index (κ1) is 30.7. The molecule has 0 spiro atoms. The lowest BCUT2D eigenvalue weighted by atomic mass is 9.83. The third-order valence-electron chi connectivity index (χ3n) is 12.0. The first-order valence-corrected chi connectivity index (χ1v) is 19.4. The Hall–Kier alpha value is -7.62. The monoisotopic (exact) mass is 726 g/mol. The molecule has 264 valence electrons. The van der Waals surface area contributed by atoms with E-state index in [0.29, 0.717) is 0 Å². The molecule has 3 nitrogen and oxygen atoms in total. The number of hydrogen-bond acceptors (Lipinski definition) is 3. The smallest absolute Gasteiger partial charge is 0.143 e. The van der Waals surface area contributed by atoms with Crippen molar-refractivity contribution in [3.8, 4) is 33.4 Å². The van der Waals surface area contributed by atoms with Gasteiger partial charge in [0.25, 0.3) is 0 Å². The summed E-state index contributed by atoms with van der Waals surface area (Å²) in [4.78, 5) is 0. The number of rotatable bonds is 3. The fourth-order valence-electron chi connectivity index (χ4n) is 9.72. The van der Waals surface area contributed by atoms with Crippen LogP contribution in [0.2, 0.25) is 0 Å². The zero-order valence-corrected chi connectivity index (χ0v) is 30.5. The van der Waals surface area contributed by atoms with Crippen LogP contribution in [-0.4, -0.2) is 0 Å². The summed E-state index contributed by atoms with van der Waals surface area (Å²) in [6, 6.07) is 64.6. The summed E-state index contributed by atoms with van der Waals surface area (Å²) in [5, 5.41) is 13.6. The summed E-state index contributed by atoms with van der Waals surface area (Å²) < 4.78 is 20.2. The minimum atomic E-state index is 0.865. The minimum absolute atomic E-state index is 0.865. The van der Waals surface area contributed by atoms with E-state index in [1.54, 1.807) is 0 Å². The van der Waals surface area contributed by atoms with Crippen LogP contribution < -0.4 is 0 Å². The van der Waals surface area contributed by atoms with E-state index in [1.165, 1.54) is 16.3 Å². The van der Waals surface area contributed by atoms with Gasteiger partial charge in [-0.05, 0) is 74.0 Å². The number of benzene rings is 10. The maximum absolute atomic E-state index is 7.00. The van der Waals surface area contributed by atoms with E-state index in [-0.39, 0.29) is 0 Å². The summed E-state index contributed by atoms with van der Waals surface area (Å²) >= 11 is 0. The van der Waals surface area contributed by atoms with Crippen molar-refractivity contribution >= 4 is 98.1 Å². The molecule has 3 aromatic heterocycles. The third kappa shape index (κ3) is 4.20. The molecule has 0 saturated heterocycles. The molecule has 13 aromatic rings. The second-order valence-corrected chi connectivity index (χ2v) is 15.0. The van der Waals surface area contributed by atoms with Crippen molar-refractivity contribution in [2.24, 2.45) is 0 Å². The first-order valence-electron chi connectivity index (χ1n) is 19.4. The average molecular weight is 727 g/mol. The molecule has 0 saturated carbocycles. The number of para-hydroxylation sites is 3. The molecule has 0 aliphatic heterocycles. The van der Waals surface area contributed by atoms with Crippen LogP contribution in [0.1, 0.15) is 0 Å². The largest absolute Gasteiger partial charge is 0.456 e. The molecule has 57 heavy (non-hydrogen) atoms. The van der Waals surface area contributed by atoms with Crippen molar-refractivity contribution in [1.82, 2.24) is 0 Å². The summed E-state index contributed by atoms with van der Waals surface area (Å²) in [6.45, 7) is 0. The quantitative estimate of drug-likeness (QED) is 0.170. The lowest BCUT2D eigenvalue weighted by Crippen LogP contribution is -1.92. The van der Waals surface area contributed by atoms with Crippen LogP contribution >= 0.6 is 0 Å². The maximum Gasteiger partial charge on any atom is 0.143 e. The molecule has 0 bridgehead atoms. The molecule has 0 fully saturated rings. The lowest BCUT2D eigenvalue weighted by molar-refractivity contribution is 0.669. The Morgan fingerprint density at radius 3 is 1.49 bits per heavy atom. The van der Waals surface area contributed by atoms with Gasteiger partial charge in [-0.15, -0.1) is 0 Å². The summed E-state index contributed by atoms with van der Waals surface area (Å²) in [6.07, 6.45) is 0. The second kappa shape index (κ2) is 11.5. The summed E-state index contributed by atoms with van der Waals surface area (Å²) in [5.41, 5.74) is 12.1. The Balaban J connectivity index is 1.17. The standard InChI is InChI=1S/C54H30O3/c1-2-14-31(15-3-1)33-22-12-24-41-50-40(23-13-27-45(50)57-53(33)41)48-34-16-4-6-18-36(34)49(37-19-7-5-17-35(37)48)42-30-32-28-29-46-51(38-20-8-10-25-43(38)55-46)47(32)52-39-21-9-11-26-44(39)56-54(42)52/h1-30H. The van der Waals surface area contributed by atoms with Gasteiger partial charge in [0.05, 0.1) is 0 Å². The second-order valence-electron chi connectivity index (χ2n) is 15.0. The summed E-state index contributed by atoms with van der Waals surface area (Å²) in [7, 11) is 0. The molecule has 0 N–H and O–H groups in total. The Morgan fingerprint density at radius 1 is 0.263 bits per heavy atom. The van der Waals surface area contributed by atoms with Crippen molar-refractivity contribution in [3.05, 3.63) is 182 Å². The van der Waals surface area contributed by atoms with Crippen LogP contribution in [0.15, 0.2) is 195 Å². The van der Waals surface area contributed by atoms with Crippen molar-refractivity contribution in [2.45, 2.75) is 0 Å². The van der Waals surface area contributed by atoms with Gasteiger partial charge in [-0.25, -0.2) is 0 Å². The van der Waals surface area contributed by atoms with Crippen molar-refractivity contribution in [2.75, 3.05) is 0 Å². The lowest BCUT2D eigenvalue weighted by Gasteiger charge is -2.19. The molecular weight excluding hydrogens is 697 g/mol. The van der Waals surface area contributed by atoms with Crippen LogP contribution in [-0.2, 0) is 0 Å². The van der Waals surface area contributed by atoms with Gasteiger partial charge in [0.1, 0.15) is 33.5 Å². The molecule has 0 aliphatic carbocycles. The predicted molar refractivity (Wildman–Crippen MR) is 237 cm³/mol. The fourth-order valence-corrected chi connectivity index (χ4v) is 9.72. The van der Waals surface area contributed by atoms with Gasteiger partial charge in [0.2, 0.25) is 0 Å². The third-order valence-corrected chi connectivity index (χ3v) is 12.0. The van der Waals surface area contributed by atoms with E-state index < -0.39 is 0 Å². The highest BCUT2D eigenvalue weighted by Gasteiger charge is 2.25. The highest BCUT2D eigenvalue weighted by Crippen LogP contribution is 2.51. The van der Waals surface area contributed by atoms with Gasteiger partial charge in [-0.3, -0.25) is 0 Å². The zero-order chi connectivity index (χ0) is 37.2. The van der Waals surface area contributed by atoms with Crippen LogP contribution in [0.5, 0.6) is 0 Å². The Bertz CT molecular complexity index is 3750. The van der Waals surface area contributed by atoms with Gasteiger partial charge >= 0.3 is 0 Å². The normalized spacial score (nSPS) is 12.2. The number of furan rings is 3. The molecule has 3 heteroatoms. The fraction of sp³-hybridized carbons (Fsp3) is 0. The number of fused-ring (bicyclic) bond motifs is 14. The van der Waals surface area contributed by atoms with E-state index >= 15 is 0 Å². The van der Waals surface area contributed by atoms with E-state index in [0.717, 1.165) is 115 Å². The van der Waals surface area contributed by atoms with Gasteiger partial charge in [0, 0.05) is 54.4 Å². The van der Waals surface area contributed by atoms with E-state index in [9.17, 15) is 0 Å². The first-order chi connectivity index (χ1) is 28.3. The topological polar surface area (TPSA) is 39.4 Å². The van der Waals surface area contributed by atoms with Gasteiger partial charge < -0.3 is 13.3 Å². The van der Waals surface area contributed by atoms with E-state index in [2.05, 4.69) is 176 Å². The van der Waals surface area contributed by atoms with Crippen molar-refractivity contribution in [3.63, 3.8) is 0 Å². The molecule has 0 amide bonds. The Kier molecular flexibility index (Phi) is 6.16. The maximum atomic E-state index is 7.00. The zero-order valence-electron chi connectivity index (χ0n) is 30.5. The number of hydrogen-bond donors (Lipinski definition) is 0. The van der Waals surface area contributed by atoms with E-state index in [4.69, 9.17) is 13.3 Å². The molecule has 10 aromatic carbocycles. The summed E-state index contributed by atoms with van der Waals surface area (Å²) in [5.74, 6) is 0. The highest BCUT2D eigenvalue weighted by molar-refractivity contribution is 6.35. The van der Waals surface area contributed by atoms with Gasteiger partial charge in [-0.1, -0.05) is 152 Å². The highest BCUT2D eigenvalue weighted by atomic mass is 16.3. The van der Waals surface area contributed by atoms with Crippen LogP contribution in [0, 0.1) is 0 Å². The van der Waals surface area contributed by atoms with Crippen LogP contribution in [0.3, 0.4) is 0 Å². The molecule has 3 heterocycles. The predicted octanol–water partition coefficient (Wildman–Crippen LogP) is 15.8. The van der Waals surface area contributed by atoms with Gasteiger partial charge in [-0.2, -0.15) is 0 Å². The van der Waals surface area contributed by atoms with Crippen molar-refractivity contribution < 1.29 is 13.3 Å². The molecule has 0 unspecified atom stereocenters. The van der Waals surface area contributed by atoms with Crippen LogP contribution in [0.25, 0.3) is 132 Å². The van der Waals surface area contributed by atoms with Crippen LogP contribution in [0.4, 0.5) is 0 Å². The Labute approximate surface area is 325 Å². The average Bonchev–Trinajstić information content (AvgIpc) is 3.97. The Morgan fingerprint density at radius 2 is 0.772 bits per heavy atom. The molecule has 13 rings (SSSR count). The molecular formula is C54H30O3. The minimum Gasteiger partial charge on any atom is -0.456 e.